The van der Waals surface area contributed by atoms with E-state index >= 15 is 0 Å². The topological polar surface area (TPSA) is 72.0 Å². The molecule has 3 heterocycles. The summed E-state index contributed by atoms with van der Waals surface area (Å²) in [6, 6.07) is 14.2. The van der Waals surface area contributed by atoms with Crippen molar-refractivity contribution in [1.29, 1.82) is 0 Å². The fourth-order valence-corrected chi connectivity index (χ4v) is 4.92. The fourth-order valence-electron chi connectivity index (χ4n) is 3.95. The molecule has 2 aliphatic rings. The van der Waals surface area contributed by atoms with Gasteiger partial charge in [-0.05, 0) is 50.2 Å². The Bertz CT molecular complexity index is 1120. The lowest BCUT2D eigenvalue weighted by atomic mass is 10.1. The van der Waals surface area contributed by atoms with E-state index in [9.17, 15) is 9.59 Å². The van der Waals surface area contributed by atoms with Crippen molar-refractivity contribution in [2.45, 2.75) is 26.0 Å². The van der Waals surface area contributed by atoms with Crippen LogP contribution in [0.15, 0.2) is 54.7 Å². The number of ether oxygens (including phenoxy) is 2. The minimum Gasteiger partial charge on any atom is -0.494 e. The molecule has 2 aromatic carbocycles. The Morgan fingerprint density at radius 2 is 1.66 bits per heavy atom. The molecule has 1 saturated heterocycles. The number of aromatic nitrogens is 1. The molecule has 5 rings (SSSR count). The van der Waals surface area contributed by atoms with Gasteiger partial charge in [-0.1, -0.05) is 23.5 Å². The Kier molecular flexibility index (Phi) is 5.30. The van der Waals surface area contributed by atoms with Gasteiger partial charge in [-0.15, -0.1) is 0 Å². The van der Waals surface area contributed by atoms with Gasteiger partial charge >= 0.3 is 0 Å². The molecule has 1 atom stereocenters. The van der Waals surface area contributed by atoms with Crippen LogP contribution < -0.4 is 14.4 Å². The Morgan fingerprint density at radius 3 is 2.28 bits per heavy atom. The molecule has 1 fully saturated rings. The maximum absolute atomic E-state index is 12.8. The number of amides is 2. The number of hydrogen-bond acceptors (Lipinski definition) is 7. The molecule has 2 aliphatic heterocycles. The molecule has 3 aromatic rings. The van der Waals surface area contributed by atoms with Gasteiger partial charge in [-0.3, -0.25) is 14.5 Å². The number of carbonyl (C=O) groups is 2. The SMILES string of the molecule is CCOc1ccc(OC2CN(c3ncc(C(C)N4C(=O)c5ccccc5C4=O)s3)C2)cc1. The minimum atomic E-state index is -0.370. The molecular weight excluding hydrogens is 426 g/mol. The third-order valence-electron chi connectivity index (χ3n) is 5.69. The van der Waals surface area contributed by atoms with Gasteiger partial charge in [0.2, 0.25) is 0 Å². The predicted molar refractivity (Wildman–Crippen MR) is 122 cm³/mol. The van der Waals surface area contributed by atoms with Crippen LogP contribution in [-0.4, -0.2) is 47.5 Å². The van der Waals surface area contributed by atoms with Crippen LogP contribution in [0.1, 0.15) is 45.5 Å². The maximum atomic E-state index is 12.8. The number of nitrogens with zero attached hydrogens (tertiary/aromatic N) is 3. The highest BCUT2D eigenvalue weighted by Crippen LogP contribution is 2.36. The third-order valence-corrected chi connectivity index (χ3v) is 6.92. The summed E-state index contributed by atoms with van der Waals surface area (Å²) in [7, 11) is 0. The van der Waals surface area contributed by atoms with Crippen molar-refractivity contribution >= 4 is 28.3 Å². The fraction of sp³-hybridized carbons (Fsp3) is 0.292. The van der Waals surface area contributed by atoms with Crippen LogP contribution >= 0.6 is 11.3 Å². The zero-order valence-electron chi connectivity index (χ0n) is 17.9. The normalized spacial score (nSPS) is 16.7. The zero-order chi connectivity index (χ0) is 22.2. The Balaban J connectivity index is 1.20. The first kappa shape index (κ1) is 20.5. The number of hydrogen-bond donors (Lipinski definition) is 0. The number of benzene rings is 2. The lowest BCUT2D eigenvalue weighted by Crippen LogP contribution is -2.54. The molecule has 1 aromatic heterocycles. The van der Waals surface area contributed by atoms with Crippen LogP contribution in [0.25, 0.3) is 0 Å². The van der Waals surface area contributed by atoms with E-state index in [-0.39, 0.29) is 24.0 Å². The summed E-state index contributed by atoms with van der Waals surface area (Å²) in [4.78, 5) is 34.4. The van der Waals surface area contributed by atoms with Crippen molar-refractivity contribution in [3.63, 3.8) is 0 Å². The van der Waals surface area contributed by atoms with Crippen LogP contribution in [0.2, 0.25) is 0 Å². The second-order valence-corrected chi connectivity index (χ2v) is 8.84. The molecule has 0 spiro atoms. The van der Waals surface area contributed by atoms with Gasteiger partial charge in [0.1, 0.15) is 17.6 Å². The summed E-state index contributed by atoms with van der Waals surface area (Å²) in [6.45, 7) is 5.94. The molecule has 0 N–H and O–H groups in total. The van der Waals surface area contributed by atoms with Crippen LogP contribution in [0.4, 0.5) is 5.13 Å². The van der Waals surface area contributed by atoms with Gasteiger partial charge in [-0.25, -0.2) is 4.98 Å². The average Bonchev–Trinajstić information content (AvgIpc) is 3.35. The maximum Gasteiger partial charge on any atom is 0.262 e. The predicted octanol–water partition coefficient (Wildman–Crippen LogP) is 4.17. The Morgan fingerprint density at radius 1 is 1.03 bits per heavy atom. The first-order valence-electron chi connectivity index (χ1n) is 10.6. The second-order valence-electron chi connectivity index (χ2n) is 7.80. The Labute approximate surface area is 190 Å². The van der Waals surface area contributed by atoms with E-state index in [2.05, 4.69) is 9.88 Å². The summed E-state index contributed by atoms with van der Waals surface area (Å²) >= 11 is 1.51. The number of carbonyl (C=O) groups excluding carboxylic acids is 2. The number of thiazole rings is 1. The van der Waals surface area contributed by atoms with Gasteiger partial charge in [0.05, 0.1) is 36.9 Å². The molecule has 32 heavy (non-hydrogen) atoms. The lowest BCUT2D eigenvalue weighted by molar-refractivity contribution is 0.0597. The van der Waals surface area contributed by atoms with Gasteiger partial charge in [0.25, 0.3) is 11.8 Å². The first-order valence-corrected chi connectivity index (χ1v) is 11.4. The van der Waals surface area contributed by atoms with Crippen LogP contribution in [0, 0.1) is 0 Å². The number of anilines is 1. The van der Waals surface area contributed by atoms with Crippen molar-refractivity contribution in [2.24, 2.45) is 0 Å². The molecule has 1 unspecified atom stereocenters. The third kappa shape index (κ3) is 3.60. The lowest BCUT2D eigenvalue weighted by Gasteiger charge is -2.38. The summed E-state index contributed by atoms with van der Waals surface area (Å²) in [5.41, 5.74) is 0.928. The van der Waals surface area contributed by atoms with E-state index in [1.54, 1.807) is 30.5 Å². The Hall–Kier alpha value is -3.39. The largest absolute Gasteiger partial charge is 0.494 e. The van der Waals surface area contributed by atoms with E-state index in [0.717, 1.165) is 34.6 Å². The average molecular weight is 450 g/mol. The molecule has 0 saturated carbocycles. The molecule has 0 aliphatic carbocycles. The molecular formula is C24H23N3O4S. The van der Waals surface area contributed by atoms with E-state index in [4.69, 9.17) is 9.47 Å². The first-order chi connectivity index (χ1) is 15.5. The van der Waals surface area contributed by atoms with E-state index < -0.39 is 0 Å². The van der Waals surface area contributed by atoms with Crippen molar-refractivity contribution in [1.82, 2.24) is 9.88 Å². The highest BCUT2D eigenvalue weighted by molar-refractivity contribution is 7.15. The number of fused-ring (bicyclic) bond motifs is 1. The molecule has 0 radical (unpaired) electrons. The van der Waals surface area contributed by atoms with Crippen molar-refractivity contribution in [3.8, 4) is 11.5 Å². The second kappa shape index (κ2) is 8.27. The molecule has 7 nitrogen and oxygen atoms in total. The number of imide groups is 1. The van der Waals surface area contributed by atoms with Crippen LogP contribution in [-0.2, 0) is 0 Å². The minimum absolute atomic E-state index is 0.0916. The smallest absolute Gasteiger partial charge is 0.262 e. The highest BCUT2D eigenvalue weighted by atomic mass is 32.1. The quantitative estimate of drug-likeness (QED) is 0.504. The van der Waals surface area contributed by atoms with Crippen molar-refractivity contribution in [2.75, 3.05) is 24.6 Å². The molecule has 2 amide bonds. The van der Waals surface area contributed by atoms with Gasteiger partial charge in [0.15, 0.2) is 5.13 Å². The van der Waals surface area contributed by atoms with Gasteiger partial charge in [-0.2, -0.15) is 0 Å². The molecule has 0 bridgehead atoms. The molecule has 8 heteroatoms. The molecule has 164 valence electrons. The monoisotopic (exact) mass is 449 g/mol. The van der Waals surface area contributed by atoms with Crippen LogP contribution in [0.5, 0.6) is 11.5 Å². The van der Waals surface area contributed by atoms with E-state index in [0.29, 0.717) is 17.7 Å². The van der Waals surface area contributed by atoms with Gasteiger partial charge in [0, 0.05) is 11.1 Å². The van der Waals surface area contributed by atoms with Crippen molar-refractivity contribution in [3.05, 3.63) is 70.7 Å². The summed E-state index contributed by atoms with van der Waals surface area (Å²) in [5, 5.41) is 0.870. The highest BCUT2D eigenvalue weighted by Gasteiger charge is 2.39. The summed E-state index contributed by atoms with van der Waals surface area (Å²) in [5.74, 6) is 1.15. The summed E-state index contributed by atoms with van der Waals surface area (Å²) < 4.78 is 11.5. The van der Waals surface area contributed by atoms with Gasteiger partial charge < -0.3 is 14.4 Å². The van der Waals surface area contributed by atoms with E-state index in [1.807, 2.05) is 38.1 Å². The van der Waals surface area contributed by atoms with Crippen molar-refractivity contribution < 1.29 is 19.1 Å². The standard InChI is InChI=1S/C24H23N3O4S/c1-3-30-16-8-10-17(11-9-16)31-18-13-26(14-18)24-25-12-21(32-24)15(2)27-22(28)19-6-4-5-7-20(19)23(27)29/h4-12,15,18H,3,13-14H2,1-2H3. The number of rotatable bonds is 7. The summed E-state index contributed by atoms with van der Waals surface area (Å²) in [6.07, 6.45) is 1.85. The van der Waals surface area contributed by atoms with Crippen LogP contribution in [0.3, 0.4) is 0 Å². The zero-order valence-corrected chi connectivity index (χ0v) is 18.7. The van der Waals surface area contributed by atoms with E-state index in [1.165, 1.54) is 16.2 Å².